The topological polar surface area (TPSA) is 64.4 Å². The van der Waals surface area contributed by atoms with E-state index < -0.39 is 4.92 Å². The van der Waals surface area contributed by atoms with E-state index in [1.807, 2.05) is 0 Å². The van der Waals surface area contributed by atoms with Gasteiger partial charge in [0.05, 0.1) is 28.7 Å². The van der Waals surface area contributed by atoms with Gasteiger partial charge in [0.1, 0.15) is 0 Å². The number of anilines is 1. The third kappa shape index (κ3) is 2.27. The van der Waals surface area contributed by atoms with E-state index in [0.717, 1.165) is 5.69 Å². The minimum Gasteiger partial charge on any atom is -0.377 e. The van der Waals surface area contributed by atoms with Crippen LogP contribution in [0.25, 0.3) is 0 Å². The Morgan fingerprint density at radius 2 is 2.27 bits per heavy atom. The molecule has 1 aliphatic heterocycles. The Morgan fingerprint density at radius 3 is 2.80 bits per heavy atom. The summed E-state index contributed by atoms with van der Waals surface area (Å²) in [4.78, 5) is 10.3. The second-order valence-electron chi connectivity index (χ2n) is 3.30. The molecule has 0 radical (unpaired) electrons. The zero-order chi connectivity index (χ0) is 10.8. The van der Waals surface area contributed by atoms with Gasteiger partial charge in [-0.1, -0.05) is 0 Å². The average molecular weight is 273 g/mol. The first-order chi connectivity index (χ1) is 7.16. The lowest BCUT2D eigenvalue weighted by atomic mass is 10.2. The highest BCUT2D eigenvalue weighted by Crippen LogP contribution is 2.28. The lowest BCUT2D eigenvalue weighted by molar-refractivity contribution is -0.385. The van der Waals surface area contributed by atoms with E-state index in [2.05, 4.69) is 21.2 Å². The molecule has 80 valence electrons. The monoisotopic (exact) mass is 272 g/mol. The number of nitro benzene ring substituents is 1. The second-order valence-corrected chi connectivity index (χ2v) is 4.16. The standard InChI is InChI=1S/C9H9BrN2O3/c10-8-2-1-6(3-9(8)12(13)14)11-7-4-15-5-7/h1-3,7,11H,4-5H2. The smallest absolute Gasteiger partial charge is 0.285 e. The quantitative estimate of drug-likeness (QED) is 0.677. The molecule has 1 saturated heterocycles. The van der Waals surface area contributed by atoms with Crippen LogP contribution in [0, 0.1) is 10.1 Å². The number of ether oxygens (including phenoxy) is 1. The SMILES string of the molecule is O=[N+]([O-])c1cc(NC2COC2)ccc1Br. The van der Waals surface area contributed by atoms with Crippen molar-refractivity contribution >= 4 is 27.3 Å². The number of nitrogens with one attached hydrogen (secondary N) is 1. The highest BCUT2D eigenvalue weighted by molar-refractivity contribution is 9.10. The third-order valence-corrected chi connectivity index (χ3v) is 2.82. The van der Waals surface area contributed by atoms with Crippen LogP contribution in [-0.4, -0.2) is 24.2 Å². The minimum absolute atomic E-state index is 0.0697. The molecule has 1 heterocycles. The molecule has 1 aromatic carbocycles. The van der Waals surface area contributed by atoms with Gasteiger partial charge >= 0.3 is 0 Å². The normalized spacial score (nSPS) is 15.8. The minimum atomic E-state index is -0.410. The number of rotatable bonds is 3. The average Bonchev–Trinajstić information content (AvgIpc) is 2.13. The van der Waals surface area contributed by atoms with Crippen molar-refractivity contribution in [3.8, 4) is 0 Å². The van der Waals surface area contributed by atoms with Crippen molar-refractivity contribution in [3.63, 3.8) is 0 Å². The molecular formula is C9H9BrN2O3. The Bertz CT molecular complexity index is 393. The van der Waals surface area contributed by atoms with Crippen molar-refractivity contribution < 1.29 is 9.66 Å². The summed E-state index contributed by atoms with van der Waals surface area (Å²) in [6.07, 6.45) is 0. The predicted molar refractivity (Wildman–Crippen MR) is 59.0 cm³/mol. The zero-order valence-electron chi connectivity index (χ0n) is 7.77. The largest absolute Gasteiger partial charge is 0.377 e. The van der Waals surface area contributed by atoms with E-state index >= 15 is 0 Å². The zero-order valence-corrected chi connectivity index (χ0v) is 9.36. The van der Waals surface area contributed by atoms with E-state index in [-0.39, 0.29) is 11.7 Å². The molecule has 0 saturated carbocycles. The fraction of sp³-hybridized carbons (Fsp3) is 0.333. The highest BCUT2D eigenvalue weighted by Gasteiger charge is 2.19. The molecule has 1 aliphatic rings. The Kier molecular flexibility index (Phi) is 2.88. The van der Waals surface area contributed by atoms with Gasteiger partial charge in [-0.15, -0.1) is 0 Å². The first kappa shape index (κ1) is 10.4. The number of benzene rings is 1. The van der Waals surface area contributed by atoms with Crippen LogP contribution in [0.1, 0.15) is 0 Å². The molecule has 0 bridgehead atoms. The molecule has 0 aromatic heterocycles. The van der Waals surface area contributed by atoms with Crippen molar-refractivity contribution in [2.45, 2.75) is 6.04 Å². The summed E-state index contributed by atoms with van der Waals surface area (Å²) in [6, 6.07) is 5.25. The molecule has 0 amide bonds. The van der Waals surface area contributed by atoms with E-state index in [0.29, 0.717) is 17.7 Å². The van der Waals surface area contributed by atoms with Crippen molar-refractivity contribution in [3.05, 3.63) is 32.8 Å². The van der Waals surface area contributed by atoms with E-state index in [9.17, 15) is 10.1 Å². The summed E-state index contributed by atoms with van der Waals surface area (Å²) in [6.45, 7) is 1.31. The first-order valence-corrected chi connectivity index (χ1v) is 5.24. The van der Waals surface area contributed by atoms with Crippen LogP contribution in [0.2, 0.25) is 0 Å². The molecule has 1 fully saturated rings. The fourth-order valence-corrected chi connectivity index (χ4v) is 1.69. The van der Waals surface area contributed by atoms with Gasteiger partial charge in [0.2, 0.25) is 0 Å². The highest BCUT2D eigenvalue weighted by atomic mass is 79.9. The lowest BCUT2D eigenvalue weighted by Gasteiger charge is -2.27. The third-order valence-electron chi connectivity index (χ3n) is 2.15. The molecule has 1 N–H and O–H groups in total. The summed E-state index contributed by atoms with van der Waals surface area (Å²) < 4.78 is 5.49. The van der Waals surface area contributed by atoms with Crippen LogP contribution >= 0.6 is 15.9 Å². The maximum absolute atomic E-state index is 10.7. The molecule has 0 unspecified atom stereocenters. The van der Waals surface area contributed by atoms with Crippen molar-refractivity contribution in [1.82, 2.24) is 0 Å². The number of halogens is 1. The summed E-state index contributed by atoms with van der Waals surface area (Å²) in [7, 11) is 0. The number of hydrogen-bond donors (Lipinski definition) is 1. The maximum atomic E-state index is 10.7. The molecule has 5 nitrogen and oxygen atoms in total. The predicted octanol–water partition coefficient (Wildman–Crippen LogP) is 2.17. The summed E-state index contributed by atoms with van der Waals surface area (Å²) >= 11 is 3.13. The Morgan fingerprint density at radius 1 is 1.53 bits per heavy atom. The van der Waals surface area contributed by atoms with E-state index in [1.54, 1.807) is 12.1 Å². The van der Waals surface area contributed by atoms with Crippen LogP contribution in [0.15, 0.2) is 22.7 Å². The number of nitro groups is 1. The summed E-state index contributed by atoms with van der Waals surface area (Å²) in [5.41, 5.74) is 0.818. The molecule has 0 aliphatic carbocycles. The van der Waals surface area contributed by atoms with Gasteiger partial charge in [0.25, 0.3) is 5.69 Å². The Balaban J connectivity index is 2.17. The molecule has 0 spiro atoms. The molecule has 1 aromatic rings. The van der Waals surface area contributed by atoms with Crippen LogP contribution in [-0.2, 0) is 4.74 Å². The molecule has 6 heteroatoms. The molecule has 0 atom stereocenters. The van der Waals surface area contributed by atoms with Gasteiger partial charge in [-0.3, -0.25) is 10.1 Å². The summed E-state index contributed by atoms with van der Waals surface area (Å²) in [5.74, 6) is 0. The second kappa shape index (κ2) is 4.16. The van der Waals surface area contributed by atoms with Crippen LogP contribution < -0.4 is 5.32 Å². The molecule has 15 heavy (non-hydrogen) atoms. The Hall–Kier alpha value is -1.14. The lowest BCUT2D eigenvalue weighted by Crippen LogP contribution is -2.40. The van der Waals surface area contributed by atoms with Gasteiger partial charge in [-0.05, 0) is 28.1 Å². The molecular weight excluding hydrogens is 264 g/mol. The van der Waals surface area contributed by atoms with Gasteiger partial charge in [0.15, 0.2) is 0 Å². The van der Waals surface area contributed by atoms with Crippen molar-refractivity contribution in [2.75, 3.05) is 18.5 Å². The maximum Gasteiger partial charge on any atom is 0.285 e. The molecule has 2 rings (SSSR count). The van der Waals surface area contributed by atoms with E-state index in [1.165, 1.54) is 6.07 Å². The van der Waals surface area contributed by atoms with Crippen LogP contribution in [0.5, 0.6) is 0 Å². The van der Waals surface area contributed by atoms with Crippen molar-refractivity contribution in [2.24, 2.45) is 0 Å². The number of hydrogen-bond acceptors (Lipinski definition) is 4. The fourth-order valence-electron chi connectivity index (χ4n) is 1.30. The van der Waals surface area contributed by atoms with E-state index in [4.69, 9.17) is 4.74 Å². The summed E-state index contributed by atoms with van der Waals surface area (Å²) in [5, 5.41) is 13.8. The van der Waals surface area contributed by atoms with Gasteiger partial charge in [-0.25, -0.2) is 0 Å². The van der Waals surface area contributed by atoms with Gasteiger partial charge in [0, 0.05) is 11.8 Å². The Labute approximate surface area is 94.7 Å². The number of nitrogens with zero attached hydrogens (tertiary/aromatic N) is 1. The van der Waals surface area contributed by atoms with Crippen LogP contribution in [0.4, 0.5) is 11.4 Å². The van der Waals surface area contributed by atoms with Crippen molar-refractivity contribution in [1.29, 1.82) is 0 Å². The van der Waals surface area contributed by atoms with Crippen LogP contribution in [0.3, 0.4) is 0 Å². The van der Waals surface area contributed by atoms with Gasteiger partial charge in [-0.2, -0.15) is 0 Å². The first-order valence-electron chi connectivity index (χ1n) is 4.45. The van der Waals surface area contributed by atoms with Gasteiger partial charge < -0.3 is 10.1 Å².